The lowest BCUT2D eigenvalue weighted by Gasteiger charge is -1.94. The second-order valence-corrected chi connectivity index (χ2v) is 3.59. The number of aromatic nitrogens is 1. The Balaban J connectivity index is 0.000000720. The van der Waals surface area contributed by atoms with Gasteiger partial charge in [0.25, 0.3) is 0 Å². The van der Waals surface area contributed by atoms with E-state index in [9.17, 15) is 0 Å². The van der Waals surface area contributed by atoms with Crippen molar-refractivity contribution in [2.75, 3.05) is 0 Å². The molecule has 0 atom stereocenters. The number of halogens is 2. The molecule has 0 saturated carbocycles. The molecule has 0 unspecified atom stereocenters. The van der Waals surface area contributed by atoms with Crippen LogP contribution in [0.5, 0.6) is 0 Å². The monoisotopic (exact) mass is 383 g/mol. The Bertz CT molecular complexity index is 387. The van der Waals surface area contributed by atoms with Crippen LogP contribution in [0.2, 0.25) is 0 Å². The van der Waals surface area contributed by atoms with Crippen molar-refractivity contribution in [3.63, 3.8) is 0 Å². The highest BCUT2D eigenvalue weighted by molar-refractivity contribution is 14.1. The van der Waals surface area contributed by atoms with Crippen molar-refractivity contribution < 1.29 is 0 Å². The van der Waals surface area contributed by atoms with E-state index < -0.39 is 0 Å². The fourth-order valence-electron chi connectivity index (χ4n) is 1.04. The Kier molecular flexibility index (Phi) is 3.70. The molecule has 2 aromatic rings. The fraction of sp³-hybridized carbons (Fsp3) is 0. The number of hydrogen-bond donors (Lipinski definition) is 0. The zero-order valence-electron chi connectivity index (χ0n) is 6.20. The van der Waals surface area contributed by atoms with Crippen LogP contribution in [0, 0.1) is 3.57 Å². The van der Waals surface area contributed by atoms with Crippen LogP contribution in [0.1, 0.15) is 0 Å². The van der Waals surface area contributed by atoms with E-state index in [1.54, 1.807) is 0 Å². The van der Waals surface area contributed by atoms with E-state index in [1.165, 1.54) is 8.96 Å². The molecular weight excluding hydrogens is 376 g/mol. The summed E-state index contributed by atoms with van der Waals surface area (Å²) in [6.07, 6.45) is 1.88. The Morgan fingerprint density at radius 3 is 2.75 bits per heavy atom. The second-order valence-electron chi connectivity index (χ2n) is 2.35. The number of hydrogen-bond acceptors (Lipinski definition) is 1. The van der Waals surface area contributed by atoms with E-state index in [0.717, 1.165) is 5.52 Å². The van der Waals surface area contributed by atoms with Crippen LogP contribution in [0.3, 0.4) is 0 Å². The summed E-state index contributed by atoms with van der Waals surface area (Å²) in [5.41, 5.74) is 1.06. The molecule has 2 rings (SSSR count). The Morgan fingerprint density at radius 1 is 1.17 bits per heavy atom. The van der Waals surface area contributed by atoms with Gasteiger partial charge in [0.05, 0.1) is 5.52 Å². The minimum atomic E-state index is 0. The van der Waals surface area contributed by atoms with Crippen molar-refractivity contribution in [1.29, 1.82) is 0 Å². The summed E-state index contributed by atoms with van der Waals surface area (Å²) in [6.45, 7) is 0. The van der Waals surface area contributed by atoms with Crippen LogP contribution in [-0.2, 0) is 0 Å². The predicted octanol–water partition coefficient (Wildman–Crippen LogP) is 3.46. The van der Waals surface area contributed by atoms with E-state index >= 15 is 0 Å². The average molecular weight is 383 g/mol. The minimum absolute atomic E-state index is 0. The largest absolute Gasteiger partial charge is 0.255 e. The molecule has 1 heterocycles. The molecule has 62 valence electrons. The van der Waals surface area contributed by atoms with Crippen LogP contribution in [-0.4, -0.2) is 4.98 Å². The number of para-hydroxylation sites is 1. The Labute approximate surface area is 102 Å². The van der Waals surface area contributed by atoms with Crippen molar-refractivity contribution in [2.24, 2.45) is 0 Å². The summed E-state index contributed by atoms with van der Waals surface area (Å²) < 4.78 is 1.18. The van der Waals surface area contributed by atoms with Gasteiger partial charge in [-0.3, -0.25) is 4.98 Å². The quantitative estimate of drug-likeness (QED) is 0.636. The van der Waals surface area contributed by atoms with Gasteiger partial charge in [0, 0.05) is 15.2 Å². The summed E-state index contributed by atoms with van der Waals surface area (Å²) in [5, 5.41) is 1.21. The molecule has 0 radical (unpaired) electrons. The van der Waals surface area contributed by atoms with Crippen LogP contribution in [0.25, 0.3) is 10.9 Å². The Morgan fingerprint density at radius 2 is 1.92 bits per heavy atom. The van der Waals surface area contributed by atoms with Crippen molar-refractivity contribution in [3.05, 3.63) is 40.1 Å². The molecule has 12 heavy (non-hydrogen) atoms. The van der Waals surface area contributed by atoms with Crippen molar-refractivity contribution in [1.82, 2.24) is 4.98 Å². The van der Waals surface area contributed by atoms with Gasteiger partial charge in [-0.1, -0.05) is 18.2 Å². The van der Waals surface area contributed by atoms with Crippen molar-refractivity contribution in [2.45, 2.75) is 0 Å². The molecule has 1 aromatic heterocycles. The molecule has 0 bridgehead atoms. The molecule has 0 fully saturated rings. The van der Waals surface area contributed by atoms with Gasteiger partial charge < -0.3 is 0 Å². The second kappa shape index (κ2) is 4.36. The number of nitrogens with zero attached hydrogens (tertiary/aromatic N) is 1. The van der Waals surface area contributed by atoms with Crippen molar-refractivity contribution >= 4 is 57.5 Å². The van der Waals surface area contributed by atoms with Crippen LogP contribution in [0.4, 0.5) is 0 Å². The number of rotatable bonds is 0. The highest BCUT2D eigenvalue weighted by Crippen LogP contribution is 2.13. The Hall–Kier alpha value is 0.0900. The standard InChI is InChI=1S/C9H6IN.HI/c10-8-5-7-3-1-2-4-9(7)11-6-8;/h1-6H;1H. The molecule has 0 aliphatic heterocycles. The number of pyridine rings is 1. The van der Waals surface area contributed by atoms with Crippen LogP contribution in [0.15, 0.2) is 36.5 Å². The highest BCUT2D eigenvalue weighted by Gasteiger charge is 1.91. The van der Waals surface area contributed by atoms with Crippen molar-refractivity contribution in [3.8, 4) is 0 Å². The van der Waals surface area contributed by atoms with Gasteiger partial charge in [-0.15, -0.1) is 24.0 Å². The first-order valence-electron chi connectivity index (χ1n) is 3.36. The molecule has 1 nitrogen and oxygen atoms in total. The highest BCUT2D eigenvalue weighted by atomic mass is 127. The first-order chi connectivity index (χ1) is 5.36. The lowest BCUT2D eigenvalue weighted by atomic mass is 10.2. The summed E-state index contributed by atoms with van der Waals surface area (Å²) in [5.74, 6) is 0. The van der Waals surface area contributed by atoms with Gasteiger partial charge >= 0.3 is 0 Å². The summed E-state index contributed by atoms with van der Waals surface area (Å²) >= 11 is 2.27. The number of benzene rings is 1. The molecule has 0 saturated heterocycles. The van der Waals surface area contributed by atoms with Gasteiger partial charge in [0.15, 0.2) is 0 Å². The summed E-state index contributed by atoms with van der Waals surface area (Å²) in [4.78, 5) is 4.27. The first-order valence-corrected chi connectivity index (χ1v) is 4.44. The predicted molar refractivity (Wildman–Crippen MR) is 69.9 cm³/mol. The molecule has 0 aliphatic carbocycles. The maximum Gasteiger partial charge on any atom is 0.0702 e. The maximum absolute atomic E-state index is 4.27. The SMILES string of the molecule is I.Ic1cnc2ccccc2c1. The normalized spacial score (nSPS) is 9.42. The zero-order valence-corrected chi connectivity index (χ0v) is 10.7. The smallest absolute Gasteiger partial charge is 0.0702 e. The van der Waals surface area contributed by atoms with Gasteiger partial charge in [0.1, 0.15) is 0 Å². The molecule has 1 aromatic carbocycles. The third kappa shape index (κ3) is 2.07. The topological polar surface area (TPSA) is 12.9 Å². The molecule has 3 heteroatoms. The van der Waals surface area contributed by atoms with E-state index in [4.69, 9.17) is 0 Å². The molecular formula is C9H7I2N. The van der Waals surface area contributed by atoms with Gasteiger partial charge in [-0.05, 0) is 34.7 Å². The number of fused-ring (bicyclic) bond motifs is 1. The van der Waals surface area contributed by atoms with E-state index in [-0.39, 0.29) is 24.0 Å². The molecule has 0 aliphatic rings. The third-order valence-corrected chi connectivity index (χ3v) is 2.15. The zero-order chi connectivity index (χ0) is 7.68. The minimum Gasteiger partial charge on any atom is -0.255 e. The lowest BCUT2D eigenvalue weighted by Crippen LogP contribution is -1.78. The van der Waals surface area contributed by atoms with Crippen LogP contribution < -0.4 is 0 Å². The van der Waals surface area contributed by atoms with E-state index in [0.29, 0.717) is 0 Å². The molecule has 0 N–H and O–H groups in total. The van der Waals surface area contributed by atoms with E-state index in [2.05, 4.69) is 39.7 Å². The summed E-state index contributed by atoms with van der Waals surface area (Å²) in [7, 11) is 0. The van der Waals surface area contributed by atoms with Gasteiger partial charge in [-0.25, -0.2) is 0 Å². The third-order valence-electron chi connectivity index (χ3n) is 1.56. The summed E-state index contributed by atoms with van der Waals surface area (Å²) in [6, 6.07) is 10.3. The molecule has 0 amide bonds. The maximum atomic E-state index is 4.27. The molecule has 0 spiro atoms. The van der Waals surface area contributed by atoms with Gasteiger partial charge in [0.2, 0.25) is 0 Å². The average Bonchev–Trinajstić information content (AvgIpc) is 2.04. The van der Waals surface area contributed by atoms with E-state index in [1.807, 2.05) is 24.4 Å². The fourth-order valence-corrected chi connectivity index (χ4v) is 1.52. The lowest BCUT2D eigenvalue weighted by molar-refractivity contribution is 1.39. The first kappa shape index (κ1) is 10.2. The van der Waals surface area contributed by atoms with Crippen LogP contribution >= 0.6 is 46.6 Å². The van der Waals surface area contributed by atoms with Gasteiger partial charge in [-0.2, -0.15) is 0 Å².